The highest BCUT2D eigenvalue weighted by atomic mass is 16.5. The van der Waals surface area contributed by atoms with Gasteiger partial charge in [0.15, 0.2) is 0 Å². The van der Waals surface area contributed by atoms with E-state index in [1.165, 1.54) is 16.0 Å². The first-order valence-electron chi connectivity index (χ1n) is 12.1. The summed E-state index contributed by atoms with van der Waals surface area (Å²) >= 11 is 0. The van der Waals surface area contributed by atoms with Gasteiger partial charge >= 0.3 is 12.1 Å². The third-order valence-electron chi connectivity index (χ3n) is 7.08. The Balaban J connectivity index is 1.20. The van der Waals surface area contributed by atoms with Crippen molar-refractivity contribution in [3.05, 3.63) is 59.7 Å². The van der Waals surface area contributed by atoms with E-state index in [4.69, 9.17) is 4.74 Å². The zero-order valence-corrected chi connectivity index (χ0v) is 19.1. The fraction of sp³-hybridized carbons (Fsp3) is 0.444. The van der Waals surface area contributed by atoms with Gasteiger partial charge in [0.1, 0.15) is 13.2 Å². The zero-order chi connectivity index (χ0) is 23.7. The summed E-state index contributed by atoms with van der Waals surface area (Å²) in [4.78, 5) is 38.5. The molecule has 5 rings (SSSR count). The van der Waals surface area contributed by atoms with E-state index >= 15 is 0 Å². The van der Waals surface area contributed by atoms with Gasteiger partial charge in [-0.25, -0.2) is 4.79 Å². The summed E-state index contributed by atoms with van der Waals surface area (Å²) in [5.41, 5.74) is 4.63. The minimum absolute atomic E-state index is 0.0137. The van der Waals surface area contributed by atoms with Crippen molar-refractivity contribution in [3.8, 4) is 11.1 Å². The third-order valence-corrected chi connectivity index (χ3v) is 7.08. The van der Waals surface area contributed by atoms with Gasteiger partial charge in [0, 0.05) is 18.5 Å². The molecule has 178 valence electrons. The van der Waals surface area contributed by atoms with Crippen LogP contribution in [-0.2, 0) is 14.3 Å². The number of aliphatic carboxylic acids is 1. The minimum Gasteiger partial charge on any atom is -0.480 e. The Morgan fingerprint density at radius 3 is 2.15 bits per heavy atom. The van der Waals surface area contributed by atoms with Crippen molar-refractivity contribution in [3.63, 3.8) is 0 Å². The summed E-state index contributed by atoms with van der Waals surface area (Å²) in [6, 6.07) is 16.3. The summed E-state index contributed by atoms with van der Waals surface area (Å²) in [5.74, 6) is -1.15. The Hall–Kier alpha value is -3.35. The van der Waals surface area contributed by atoms with Gasteiger partial charge < -0.3 is 20.1 Å². The number of amides is 2. The number of alkyl carbamates (subject to hydrolysis) is 1. The van der Waals surface area contributed by atoms with Gasteiger partial charge in [0.05, 0.1) is 5.92 Å². The van der Waals surface area contributed by atoms with Crippen LogP contribution >= 0.6 is 0 Å². The smallest absolute Gasteiger partial charge is 0.407 e. The van der Waals surface area contributed by atoms with Gasteiger partial charge in [-0.2, -0.15) is 0 Å². The number of ether oxygens (including phenoxy) is 1. The number of nitrogens with zero attached hydrogens (tertiary/aromatic N) is 1. The molecule has 2 aromatic carbocycles. The normalized spacial score (nSPS) is 17.4. The van der Waals surface area contributed by atoms with Gasteiger partial charge in [-0.1, -0.05) is 61.4 Å². The lowest BCUT2D eigenvalue weighted by molar-refractivity contribution is -0.147. The number of carboxylic acid groups (broad SMARTS) is 1. The number of nitrogens with one attached hydrogen (secondary N) is 1. The molecule has 2 aromatic rings. The largest absolute Gasteiger partial charge is 0.480 e. The molecule has 2 N–H and O–H groups in total. The van der Waals surface area contributed by atoms with E-state index in [0.717, 1.165) is 36.8 Å². The number of hydrogen-bond donors (Lipinski definition) is 2. The summed E-state index contributed by atoms with van der Waals surface area (Å²) in [6.45, 7) is 0.0960. The monoisotopic (exact) mass is 462 g/mol. The van der Waals surface area contributed by atoms with Gasteiger partial charge in [0.25, 0.3) is 0 Å². The average molecular weight is 463 g/mol. The van der Waals surface area contributed by atoms with Gasteiger partial charge in [-0.3, -0.25) is 9.59 Å². The van der Waals surface area contributed by atoms with Crippen molar-refractivity contribution in [2.75, 3.05) is 19.7 Å². The van der Waals surface area contributed by atoms with Crippen molar-refractivity contribution in [1.82, 2.24) is 10.2 Å². The molecular weight excluding hydrogens is 432 g/mol. The number of carbonyl (C=O) groups excluding carboxylic acids is 2. The van der Waals surface area contributed by atoms with Crippen LogP contribution < -0.4 is 5.32 Å². The van der Waals surface area contributed by atoms with E-state index in [1.54, 1.807) is 0 Å². The van der Waals surface area contributed by atoms with Crippen molar-refractivity contribution < 1.29 is 24.2 Å². The topological polar surface area (TPSA) is 95.9 Å². The fourth-order valence-electron chi connectivity index (χ4n) is 5.04. The van der Waals surface area contributed by atoms with Crippen molar-refractivity contribution in [2.24, 2.45) is 11.8 Å². The average Bonchev–Trinajstić information content (AvgIpc) is 3.76. The van der Waals surface area contributed by atoms with E-state index in [2.05, 4.69) is 29.6 Å². The Labute approximate surface area is 199 Å². The van der Waals surface area contributed by atoms with Crippen LogP contribution in [-0.4, -0.2) is 53.7 Å². The molecular formula is C27H30N2O5. The molecule has 0 aromatic heterocycles. The van der Waals surface area contributed by atoms with Crippen molar-refractivity contribution >= 4 is 18.0 Å². The highest BCUT2D eigenvalue weighted by Crippen LogP contribution is 2.44. The molecule has 3 aliphatic rings. The highest BCUT2D eigenvalue weighted by Gasteiger charge is 2.39. The molecule has 0 aliphatic heterocycles. The van der Waals surface area contributed by atoms with Gasteiger partial charge in [-0.05, 0) is 47.4 Å². The Kier molecular flexibility index (Phi) is 6.26. The molecule has 1 atom stereocenters. The number of carbonyl (C=O) groups is 3. The molecule has 2 amide bonds. The van der Waals surface area contributed by atoms with Crippen LogP contribution in [0.4, 0.5) is 4.79 Å². The van der Waals surface area contributed by atoms with E-state index in [-0.39, 0.29) is 37.6 Å². The second-order valence-corrected chi connectivity index (χ2v) is 9.67. The number of hydrogen-bond acceptors (Lipinski definition) is 4. The van der Waals surface area contributed by atoms with Gasteiger partial charge in [0.2, 0.25) is 5.91 Å². The summed E-state index contributed by atoms with van der Waals surface area (Å²) < 4.78 is 5.61. The second-order valence-electron chi connectivity index (χ2n) is 9.67. The zero-order valence-electron chi connectivity index (χ0n) is 19.1. The van der Waals surface area contributed by atoms with E-state index in [1.807, 2.05) is 24.3 Å². The van der Waals surface area contributed by atoms with E-state index in [9.17, 15) is 19.5 Å². The lowest BCUT2D eigenvalue weighted by Crippen LogP contribution is -2.45. The number of fused-ring (bicyclic) bond motifs is 3. The van der Waals surface area contributed by atoms with Crippen LogP contribution in [0.25, 0.3) is 11.1 Å². The fourth-order valence-corrected chi connectivity index (χ4v) is 5.04. The third kappa shape index (κ3) is 4.93. The second kappa shape index (κ2) is 9.49. The van der Waals surface area contributed by atoms with Crippen molar-refractivity contribution in [1.29, 1.82) is 0 Å². The first-order chi connectivity index (χ1) is 16.5. The molecule has 7 heteroatoms. The summed E-state index contributed by atoms with van der Waals surface area (Å²) in [5, 5.41) is 12.0. The van der Waals surface area contributed by atoms with Crippen LogP contribution in [0.15, 0.2) is 48.5 Å². The molecule has 0 spiro atoms. The Morgan fingerprint density at radius 2 is 1.59 bits per heavy atom. The maximum Gasteiger partial charge on any atom is 0.407 e. The van der Waals surface area contributed by atoms with Crippen LogP contribution in [0.3, 0.4) is 0 Å². The quantitative estimate of drug-likeness (QED) is 0.556. The number of carboxylic acids is 1. The predicted molar refractivity (Wildman–Crippen MR) is 126 cm³/mol. The SMILES string of the molecule is O=C(O)CN(C(=O)C(CNC(=O)OCC1c2ccccc2-c2ccccc21)CC1CC1)C1CC1. The molecule has 2 saturated carbocycles. The Bertz CT molecular complexity index is 1050. The summed E-state index contributed by atoms with van der Waals surface area (Å²) in [7, 11) is 0. The van der Waals surface area contributed by atoms with Crippen LogP contribution in [0, 0.1) is 11.8 Å². The summed E-state index contributed by atoms with van der Waals surface area (Å²) in [6.07, 6.45) is 3.97. The molecule has 0 radical (unpaired) electrons. The first-order valence-corrected chi connectivity index (χ1v) is 12.1. The Morgan fingerprint density at radius 1 is 0.971 bits per heavy atom. The van der Waals surface area contributed by atoms with E-state index < -0.39 is 18.0 Å². The number of benzene rings is 2. The van der Waals surface area contributed by atoms with Crippen LogP contribution in [0.1, 0.15) is 49.1 Å². The molecule has 2 fully saturated rings. The molecule has 34 heavy (non-hydrogen) atoms. The van der Waals surface area contributed by atoms with Crippen molar-refractivity contribution in [2.45, 2.75) is 44.1 Å². The predicted octanol–water partition coefficient (Wildman–Crippen LogP) is 4.02. The maximum atomic E-state index is 13.1. The molecule has 7 nitrogen and oxygen atoms in total. The first kappa shape index (κ1) is 22.4. The lowest BCUT2D eigenvalue weighted by Gasteiger charge is -2.26. The van der Waals surface area contributed by atoms with Gasteiger partial charge in [-0.15, -0.1) is 0 Å². The highest BCUT2D eigenvalue weighted by molar-refractivity contribution is 5.84. The molecule has 0 bridgehead atoms. The minimum atomic E-state index is -1.00. The number of rotatable bonds is 10. The molecule has 0 saturated heterocycles. The van der Waals surface area contributed by atoms with E-state index in [0.29, 0.717) is 12.3 Å². The lowest BCUT2D eigenvalue weighted by atomic mass is 9.98. The van der Waals surface area contributed by atoms with Crippen LogP contribution in [0.5, 0.6) is 0 Å². The molecule has 1 unspecified atom stereocenters. The maximum absolute atomic E-state index is 13.1. The standard InChI is InChI=1S/C27H30N2O5/c30-25(31)15-29(19-11-12-19)26(32)18(13-17-9-10-17)14-28-27(33)34-16-24-22-7-3-1-5-20(22)21-6-2-4-8-23(21)24/h1-8,17-19,24H,9-16H2,(H,28,33)(H,30,31). The van der Waals surface area contributed by atoms with Crippen LogP contribution in [0.2, 0.25) is 0 Å². The molecule has 0 heterocycles. The molecule has 3 aliphatic carbocycles.